The van der Waals surface area contributed by atoms with Crippen molar-refractivity contribution in [3.8, 4) is 0 Å². The van der Waals surface area contributed by atoms with Crippen molar-refractivity contribution in [2.45, 2.75) is 57.5 Å². The van der Waals surface area contributed by atoms with Gasteiger partial charge in [0.25, 0.3) is 0 Å². The van der Waals surface area contributed by atoms with Crippen molar-refractivity contribution in [1.82, 2.24) is 15.5 Å². The van der Waals surface area contributed by atoms with Crippen LogP contribution in [0, 0.1) is 17.8 Å². The van der Waals surface area contributed by atoms with E-state index in [0.29, 0.717) is 12.0 Å². The van der Waals surface area contributed by atoms with Gasteiger partial charge in [0.15, 0.2) is 0 Å². The fourth-order valence-electron chi connectivity index (χ4n) is 5.19. The van der Waals surface area contributed by atoms with Crippen LogP contribution in [0.25, 0.3) is 0 Å². The quantitative estimate of drug-likeness (QED) is 0.692. The highest BCUT2D eigenvalue weighted by molar-refractivity contribution is 5.79. The molecule has 1 aromatic rings. The summed E-state index contributed by atoms with van der Waals surface area (Å²) in [6.45, 7) is 5.43. The van der Waals surface area contributed by atoms with E-state index in [1.165, 1.54) is 44.3 Å². The van der Waals surface area contributed by atoms with Crippen LogP contribution in [0.3, 0.4) is 0 Å². The molecule has 2 saturated carbocycles. The lowest BCUT2D eigenvalue weighted by atomic mass is 9.78. The molecule has 0 unspecified atom stereocenters. The molecule has 0 aromatic heterocycles. The van der Waals surface area contributed by atoms with E-state index in [1.54, 1.807) is 0 Å². The van der Waals surface area contributed by atoms with Gasteiger partial charge < -0.3 is 10.6 Å². The van der Waals surface area contributed by atoms with Crippen LogP contribution in [0.4, 0.5) is 0 Å². The Morgan fingerprint density at radius 1 is 1.00 bits per heavy atom. The third-order valence-electron chi connectivity index (χ3n) is 6.96. The van der Waals surface area contributed by atoms with Crippen molar-refractivity contribution in [2.24, 2.45) is 17.8 Å². The van der Waals surface area contributed by atoms with Crippen LogP contribution < -0.4 is 10.6 Å². The lowest BCUT2D eigenvalue weighted by Gasteiger charge is -2.34. The smallest absolute Gasteiger partial charge is 0.223 e. The molecule has 27 heavy (non-hydrogen) atoms. The minimum Gasteiger partial charge on any atom is -0.356 e. The van der Waals surface area contributed by atoms with Gasteiger partial charge in [-0.05, 0) is 56.0 Å². The van der Waals surface area contributed by atoms with Gasteiger partial charge in [0.05, 0.1) is 0 Å². The molecule has 148 valence electrons. The van der Waals surface area contributed by atoms with Crippen LogP contribution in [0.2, 0.25) is 0 Å². The van der Waals surface area contributed by atoms with Crippen LogP contribution in [-0.2, 0) is 11.3 Å². The van der Waals surface area contributed by atoms with Gasteiger partial charge in [-0.15, -0.1) is 0 Å². The Morgan fingerprint density at radius 2 is 1.81 bits per heavy atom. The highest BCUT2D eigenvalue weighted by Gasteiger charge is 2.39. The Hall–Kier alpha value is -1.39. The number of carbonyl (C=O) groups excluding carboxylic acids is 1. The van der Waals surface area contributed by atoms with Crippen molar-refractivity contribution < 1.29 is 4.79 Å². The van der Waals surface area contributed by atoms with E-state index in [0.717, 1.165) is 50.7 Å². The highest BCUT2D eigenvalue weighted by Crippen LogP contribution is 2.37. The normalized spacial score (nSPS) is 28.5. The molecule has 1 saturated heterocycles. The largest absolute Gasteiger partial charge is 0.356 e. The minimum atomic E-state index is 0.284. The molecule has 1 heterocycles. The molecule has 0 spiro atoms. The first-order valence-electron chi connectivity index (χ1n) is 11.1. The topological polar surface area (TPSA) is 44.4 Å². The molecule has 3 atom stereocenters. The predicted molar refractivity (Wildman–Crippen MR) is 109 cm³/mol. The maximum Gasteiger partial charge on any atom is 0.223 e. The van der Waals surface area contributed by atoms with E-state index in [2.05, 4.69) is 45.9 Å². The van der Waals surface area contributed by atoms with Crippen molar-refractivity contribution >= 4 is 5.91 Å². The molecule has 4 heteroatoms. The van der Waals surface area contributed by atoms with Crippen LogP contribution in [-0.4, -0.2) is 43.0 Å². The zero-order valence-electron chi connectivity index (χ0n) is 16.5. The first-order valence-corrected chi connectivity index (χ1v) is 11.1. The van der Waals surface area contributed by atoms with E-state index in [1.807, 2.05) is 0 Å². The summed E-state index contributed by atoms with van der Waals surface area (Å²) in [4.78, 5) is 14.5. The van der Waals surface area contributed by atoms with E-state index in [-0.39, 0.29) is 5.91 Å². The molecule has 2 N–H and O–H groups in total. The third-order valence-corrected chi connectivity index (χ3v) is 6.96. The minimum absolute atomic E-state index is 0.284. The second kappa shape index (κ2) is 9.20. The Bertz CT molecular complexity index is 601. The summed E-state index contributed by atoms with van der Waals surface area (Å²) in [5, 5.41) is 6.95. The first kappa shape index (κ1) is 18.9. The Morgan fingerprint density at radius 3 is 2.59 bits per heavy atom. The number of hydrogen-bond donors (Lipinski definition) is 2. The number of nitrogens with zero attached hydrogens (tertiary/aromatic N) is 1. The average molecular weight is 370 g/mol. The molecule has 3 fully saturated rings. The van der Waals surface area contributed by atoms with Gasteiger partial charge >= 0.3 is 0 Å². The number of carbonyl (C=O) groups is 1. The Kier molecular flexibility index (Phi) is 6.46. The number of hydrogen-bond acceptors (Lipinski definition) is 3. The molecule has 1 amide bonds. The zero-order chi connectivity index (χ0) is 18.5. The van der Waals surface area contributed by atoms with Gasteiger partial charge in [0.2, 0.25) is 5.91 Å². The predicted octanol–water partition coefficient (Wildman–Crippen LogP) is 3.18. The van der Waals surface area contributed by atoms with Crippen LogP contribution in [0.1, 0.15) is 50.5 Å². The molecule has 2 aliphatic carbocycles. The summed E-state index contributed by atoms with van der Waals surface area (Å²) in [5.41, 5.74) is 1.43. The van der Waals surface area contributed by atoms with Gasteiger partial charge in [0, 0.05) is 38.1 Å². The maximum atomic E-state index is 11.9. The Balaban J connectivity index is 1.18. The zero-order valence-corrected chi connectivity index (χ0v) is 16.5. The highest BCUT2D eigenvalue weighted by atomic mass is 16.1. The summed E-state index contributed by atoms with van der Waals surface area (Å²) in [5.74, 6) is 2.25. The SMILES string of the molecule is O=C(NCCCN[C@@H]1CCC[C@@H]2CN(Cc3ccccc3)C[C@@H]21)C1CCC1. The van der Waals surface area contributed by atoms with Crippen LogP contribution >= 0.6 is 0 Å². The number of rotatable bonds is 8. The molecule has 4 nitrogen and oxygen atoms in total. The van der Waals surface area contributed by atoms with Gasteiger partial charge in [0.1, 0.15) is 0 Å². The van der Waals surface area contributed by atoms with Crippen molar-refractivity contribution in [2.75, 3.05) is 26.2 Å². The standard InChI is InChI=1S/C23H35N3O/c27-23(19-9-4-10-19)25-14-6-13-24-22-12-5-11-20-16-26(17-21(20)22)15-18-7-2-1-3-8-18/h1-3,7-8,19-22,24H,4-6,9-17H2,(H,25,27)/t20-,21+,22-/m1/s1. The number of benzene rings is 1. The van der Waals surface area contributed by atoms with Crippen LogP contribution in [0.15, 0.2) is 30.3 Å². The molecule has 0 radical (unpaired) electrons. The lowest BCUT2D eigenvalue weighted by Crippen LogP contribution is -2.43. The molecule has 4 rings (SSSR count). The van der Waals surface area contributed by atoms with E-state index < -0.39 is 0 Å². The summed E-state index contributed by atoms with van der Waals surface area (Å²) in [6.07, 6.45) is 8.52. The van der Waals surface area contributed by atoms with Gasteiger partial charge in [-0.3, -0.25) is 9.69 Å². The van der Waals surface area contributed by atoms with Gasteiger partial charge in [-0.1, -0.05) is 43.2 Å². The number of fused-ring (bicyclic) bond motifs is 1. The molecular weight excluding hydrogens is 334 g/mol. The van der Waals surface area contributed by atoms with E-state index >= 15 is 0 Å². The maximum absolute atomic E-state index is 11.9. The summed E-state index contributed by atoms with van der Waals surface area (Å²) in [7, 11) is 0. The Labute approximate surface area is 164 Å². The summed E-state index contributed by atoms with van der Waals surface area (Å²) < 4.78 is 0. The molecule has 1 aromatic carbocycles. The van der Waals surface area contributed by atoms with Crippen molar-refractivity contribution in [3.63, 3.8) is 0 Å². The summed E-state index contributed by atoms with van der Waals surface area (Å²) >= 11 is 0. The average Bonchev–Trinajstić information content (AvgIpc) is 3.04. The number of nitrogens with one attached hydrogen (secondary N) is 2. The van der Waals surface area contributed by atoms with Crippen molar-refractivity contribution in [3.05, 3.63) is 35.9 Å². The fourth-order valence-corrected chi connectivity index (χ4v) is 5.19. The first-order chi connectivity index (χ1) is 13.3. The number of amides is 1. The van der Waals surface area contributed by atoms with Crippen molar-refractivity contribution in [1.29, 1.82) is 0 Å². The second-order valence-corrected chi connectivity index (χ2v) is 8.87. The van der Waals surface area contributed by atoms with Gasteiger partial charge in [-0.25, -0.2) is 0 Å². The van der Waals surface area contributed by atoms with E-state index in [9.17, 15) is 4.79 Å². The van der Waals surface area contributed by atoms with Crippen LogP contribution in [0.5, 0.6) is 0 Å². The summed E-state index contributed by atoms with van der Waals surface area (Å²) in [6, 6.07) is 11.5. The molecule has 1 aliphatic heterocycles. The lowest BCUT2D eigenvalue weighted by molar-refractivity contribution is -0.127. The monoisotopic (exact) mass is 369 g/mol. The van der Waals surface area contributed by atoms with E-state index in [4.69, 9.17) is 0 Å². The third kappa shape index (κ3) is 4.91. The second-order valence-electron chi connectivity index (χ2n) is 8.87. The molecule has 0 bridgehead atoms. The van der Waals surface area contributed by atoms with Gasteiger partial charge in [-0.2, -0.15) is 0 Å². The molecular formula is C23H35N3O. The fraction of sp³-hybridized carbons (Fsp3) is 0.696. The molecule has 3 aliphatic rings. The number of likely N-dealkylation sites (tertiary alicyclic amines) is 1.